The fraction of sp³-hybridized carbons (Fsp3) is 0.409. The normalized spacial score (nSPS) is 18.3. The molecule has 1 atom stereocenters. The van der Waals surface area contributed by atoms with Crippen molar-refractivity contribution < 1.29 is 22.7 Å². The Morgan fingerprint density at radius 1 is 1.27 bits per heavy atom. The summed E-state index contributed by atoms with van der Waals surface area (Å²) in [7, 11) is -3.66. The van der Waals surface area contributed by atoms with E-state index in [-0.39, 0.29) is 23.5 Å². The summed E-state index contributed by atoms with van der Waals surface area (Å²) in [5.74, 6) is 0.262. The molecule has 160 valence electrons. The maximum absolute atomic E-state index is 13.1. The summed E-state index contributed by atoms with van der Waals surface area (Å²) in [5.41, 5.74) is 2.43. The standard InChI is InChI=1S/C22H26N2O5S/c1-16-13-19(30(26,27)24-11-10-17-5-2-3-7-20(17)24)8-9-21(16)29-15-22(25)23-14-18-6-4-12-28-18/h2-3,5,7-9,13,18H,4,6,10-12,14-15H2,1H3,(H,23,25)/t18-/m1/s1. The van der Waals surface area contributed by atoms with E-state index in [1.54, 1.807) is 19.1 Å². The van der Waals surface area contributed by atoms with Crippen molar-refractivity contribution in [2.24, 2.45) is 0 Å². The van der Waals surface area contributed by atoms with Crippen LogP contribution in [0.2, 0.25) is 0 Å². The topological polar surface area (TPSA) is 84.9 Å². The van der Waals surface area contributed by atoms with Crippen molar-refractivity contribution in [1.29, 1.82) is 0 Å². The van der Waals surface area contributed by atoms with Crippen LogP contribution in [0.3, 0.4) is 0 Å². The SMILES string of the molecule is Cc1cc(S(=O)(=O)N2CCc3ccccc32)ccc1OCC(=O)NC[C@H]1CCCO1. The van der Waals surface area contributed by atoms with Crippen LogP contribution < -0.4 is 14.4 Å². The molecule has 0 radical (unpaired) electrons. The van der Waals surface area contributed by atoms with Crippen LogP contribution in [0.15, 0.2) is 47.4 Å². The molecule has 4 rings (SSSR count). The average molecular weight is 431 g/mol. The van der Waals surface area contributed by atoms with E-state index >= 15 is 0 Å². The van der Waals surface area contributed by atoms with Crippen molar-refractivity contribution >= 4 is 21.6 Å². The first kappa shape index (κ1) is 20.7. The molecule has 7 nitrogen and oxygen atoms in total. The first-order valence-electron chi connectivity index (χ1n) is 10.2. The molecule has 2 aromatic rings. The van der Waals surface area contributed by atoms with E-state index in [1.807, 2.05) is 24.3 Å². The summed E-state index contributed by atoms with van der Waals surface area (Å²) >= 11 is 0. The van der Waals surface area contributed by atoms with E-state index in [4.69, 9.17) is 9.47 Å². The van der Waals surface area contributed by atoms with E-state index in [1.165, 1.54) is 10.4 Å². The highest BCUT2D eigenvalue weighted by Gasteiger charge is 2.30. The lowest BCUT2D eigenvalue weighted by atomic mass is 10.2. The van der Waals surface area contributed by atoms with Crippen molar-refractivity contribution in [1.82, 2.24) is 5.32 Å². The van der Waals surface area contributed by atoms with E-state index in [9.17, 15) is 13.2 Å². The Balaban J connectivity index is 1.40. The molecule has 1 N–H and O–H groups in total. The monoisotopic (exact) mass is 430 g/mol. The van der Waals surface area contributed by atoms with Crippen LogP contribution in [0.25, 0.3) is 0 Å². The minimum atomic E-state index is -3.66. The quantitative estimate of drug-likeness (QED) is 0.729. The van der Waals surface area contributed by atoms with Gasteiger partial charge < -0.3 is 14.8 Å². The number of hydrogen-bond donors (Lipinski definition) is 1. The van der Waals surface area contributed by atoms with Gasteiger partial charge in [0.25, 0.3) is 15.9 Å². The first-order valence-corrected chi connectivity index (χ1v) is 11.6. The molecule has 30 heavy (non-hydrogen) atoms. The highest BCUT2D eigenvalue weighted by atomic mass is 32.2. The number of carbonyl (C=O) groups is 1. The van der Waals surface area contributed by atoms with Gasteiger partial charge in [-0.15, -0.1) is 0 Å². The van der Waals surface area contributed by atoms with Crippen molar-refractivity contribution in [2.45, 2.75) is 37.2 Å². The number of hydrogen-bond acceptors (Lipinski definition) is 5. The number of benzene rings is 2. The molecule has 2 heterocycles. The molecule has 2 aliphatic rings. The fourth-order valence-electron chi connectivity index (χ4n) is 3.86. The van der Waals surface area contributed by atoms with Gasteiger partial charge in [0.2, 0.25) is 0 Å². The average Bonchev–Trinajstić information content (AvgIpc) is 3.41. The Morgan fingerprint density at radius 2 is 2.10 bits per heavy atom. The van der Waals surface area contributed by atoms with Gasteiger partial charge in [0.1, 0.15) is 5.75 Å². The van der Waals surface area contributed by atoms with Crippen molar-refractivity contribution in [3.63, 3.8) is 0 Å². The number of sulfonamides is 1. The Bertz CT molecular complexity index is 1030. The molecule has 8 heteroatoms. The zero-order valence-electron chi connectivity index (χ0n) is 17.0. The molecule has 1 saturated heterocycles. The zero-order chi connectivity index (χ0) is 21.1. The van der Waals surface area contributed by atoms with Gasteiger partial charge in [0, 0.05) is 19.7 Å². The molecular formula is C22H26N2O5S. The Hall–Kier alpha value is -2.58. The third-order valence-electron chi connectivity index (χ3n) is 5.49. The number of carbonyl (C=O) groups excluding carboxylic acids is 1. The second-order valence-corrected chi connectivity index (χ2v) is 9.47. The zero-order valence-corrected chi connectivity index (χ0v) is 17.8. The molecule has 0 spiro atoms. The predicted octanol–water partition coefficient (Wildman–Crippen LogP) is 2.42. The van der Waals surface area contributed by atoms with Crippen LogP contribution in [-0.2, 0) is 26.0 Å². The summed E-state index contributed by atoms with van der Waals surface area (Å²) in [4.78, 5) is 12.2. The number of fused-ring (bicyclic) bond motifs is 1. The van der Waals surface area contributed by atoms with E-state index in [0.717, 1.165) is 30.7 Å². The van der Waals surface area contributed by atoms with Crippen LogP contribution in [0.5, 0.6) is 5.75 Å². The Labute approximate surface area is 177 Å². The molecule has 2 aliphatic heterocycles. The maximum atomic E-state index is 13.1. The second-order valence-electron chi connectivity index (χ2n) is 7.61. The van der Waals surface area contributed by atoms with Gasteiger partial charge in [-0.1, -0.05) is 18.2 Å². The Kier molecular flexibility index (Phi) is 5.97. The van der Waals surface area contributed by atoms with Crippen LogP contribution in [0, 0.1) is 6.92 Å². The number of nitrogens with one attached hydrogen (secondary N) is 1. The number of rotatable bonds is 7. The van der Waals surface area contributed by atoms with E-state index in [2.05, 4.69) is 5.32 Å². The van der Waals surface area contributed by atoms with Gasteiger partial charge >= 0.3 is 0 Å². The number of para-hydroxylation sites is 1. The molecule has 0 aliphatic carbocycles. The van der Waals surface area contributed by atoms with Crippen LogP contribution >= 0.6 is 0 Å². The first-order chi connectivity index (χ1) is 14.4. The summed E-state index contributed by atoms with van der Waals surface area (Å²) < 4.78 is 38.8. The highest BCUT2D eigenvalue weighted by Crippen LogP contribution is 2.33. The van der Waals surface area contributed by atoms with Crippen molar-refractivity contribution in [2.75, 3.05) is 30.6 Å². The van der Waals surface area contributed by atoms with Gasteiger partial charge in [-0.2, -0.15) is 0 Å². The summed E-state index contributed by atoms with van der Waals surface area (Å²) in [6.45, 7) is 3.31. The Morgan fingerprint density at radius 3 is 2.87 bits per heavy atom. The number of anilines is 1. The minimum Gasteiger partial charge on any atom is -0.484 e. The third kappa shape index (κ3) is 4.29. The summed E-state index contributed by atoms with van der Waals surface area (Å²) in [6.07, 6.45) is 2.76. The molecule has 0 aromatic heterocycles. The molecule has 0 saturated carbocycles. The second kappa shape index (κ2) is 8.65. The third-order valence-corrected chi connectivity index (χ3v) is 7.30. The van der Waals surface area contributed by atoms with Gasteiger partial charge in [-0.25, -0.2) is 8.42 Å². The molecule has 0 bridgehead atoms. The maximum Gasteiger partial charge on any atom is 0.264 e. The predicted molar refractivity (Wildman–Crippen MR) is 113 cm³/mol. The summed E-state index contributed by atoms with van der Waals surface area (Å²) in [6, 6.07) is 12.3. The lowest BCUT2D eigenvalue weighted by molar-refractivity contribution is -0.123. The fourth-order valence-corrected chi connectivity index (χ4v) is 5.45. The summed E-state index contributed by atoms with van der Waals surface area (Å²) in [5, 5.41) is 2.80. The molecule has 0 unspecified atom stereocenters. The van der Waals surface area contributed by atoms with Crippen LogP contribution in [0.4, 0.5) is 5.69 Å². The van der Waals surface area contributed by atoms with Gasteiger partial charge in [-0.3, -0.25) is 9.10 Å². The number of aryl methyl sites for hydroxylation is 1. The van der Waals surface area contributed by atoms with E-state index < -0.39 is 10.0 Å². The van der Waals surface area contributed by atoms with Crippen molar-refractivity contribution in [3.8, 4) is 5.75 Å². The molecular weight excluding hydrogens is 404 g/mol. The van der Waals surface area contributed by atoms with Gasteiger partial charge in [-0.05, 0) is 61.6 Å². The largest absolute Gasteiger partial charge is 0.484 e. The number of ether oxygens (including phenoxy) is 2. The molecule has 1 amide bonds. The van der Waals surface area contributed by atoms with Crippen molar-refractivity contribution in [3.05, 3.63) is 53.6 Å². The van der Waals surface area contributed by atoms with Gasteiger partial charge in [0.05, 0.1) is 16.7 Å². The van der Waals surface area contributed by atoms with Crippen LogP contribution in [-0.4, -0.2) is 46.7 Å². The lowest BCUT2D eigenvalue weighted by Crippen LogP contribution is -2.35. The molecule has 2 aromatic carbocycles. The number of amides is 1. The van der Waals surface area contributed by atoms with Gasteiger partial charge in [0.15, 0.2) is 6.61 Å². The smallest absolute Gasteiger partial charge is 0.264 e. The van der Waals surface area contributed by atoms with Crippen LogP contribution in [0.1, 0.15) is 24.0 Å². The minimum absolute atomic E-state index is 0.0795. The number of nitrogens with zero attached hydrogens (tertiary/aromatic N) is 1. The molecule has 1 fully saturated rings. The lowest BCUT2D eigenvalue weighted by Gasteiger charge is -2.20. The van der Waals surface area contributed by atoms with E-state index in [0.29, 0.717) is 30.8 Å². The highest BCUT2D eigenvalue weighted by molar-refractivity contribution is 7.92.